The Morgan fingerprint density at radius 2 is 1.79 bits per heavy atom. The van der Waals surface area contributed by atoms with Crippen LogP contribution >= 0.6 is 0 Å². The summed E-state index contributed by atoms with van der Waals surface area (Å²) in [5.74, 6) is -1.07. The molecule has 7 heteroatoms. The lowest BCUT2D eigenvalue weighted by Crippen LogP contribution is -2.47. The first-order valence-corrected chi connectivity index (χ1v) is 6.29. The van der Waals surface area contributed by atoms with Gasteiger partial charge in [0.1, 0.15) is 6.04 Å². The molecule has 110 valence electrons. The van der Waals surface area contributed by atoms with Crippen molar-refractivity contribution in [2.45, 2.75) is 39.7 Å². The van der Waals surface area contributed by atoms with Crippen molar-refractivity contribution < 1.29 is 19.5 Å². The first-order valence-electron chi connectivity index (χ1n) is 6.29. The number of hydrogen-bond donors (Lipinski definition) is 4. The zero-order valence-corrected chi connectivity index (χ0v) is 11.6. The van der Waals surface area contributed by atoms with Crippen LogP contribution in [-0.4, -0.2) is 35.6 Å². The van der Waals surface area contributed by atoms with E-state index in [1.807, 2.05) is 20.8 Å². The fourth-order valence-corrected chi connectivity index (χ4v) is 1.24. The van der Waals surface area contributed by atoms with Gasteiger partial charge in [0.2, 0.25) is 5.91 Å². The third-order valence-electron chi connectivity index (χ3n) is 3.01. The minimum Gasteiger partial charge on any atom is -0.480 e. The molecule has 0 aromatic carbocycles. The number of hydrogen-bond acceptors (Lipinski definition) is 3. The molecule has 0 aromatic heterocycles. The summed E-state index contributed by atoms with van der Waals surface area (Å²) in [5, 5.41) is 13.8. The largest absolute Gasteiger partial charge is 0.480 e. The molecule has 0 aromatic rings. The lowest BCUT2D eigenvalue weighted by molar-refractivity contribution is -0.139. The summed E-state index contributed by atoms with van der Waals surface area (Å²) < 4.78 is 0. The van der Waals surface area contributed by atoms with Gasteiger partial charge < -0.3 is 21.5 Å². The highest BCUT2D eigenvalue weighted by Gasteiger charge is 2.20. The monoisotopic (exact) mass is 273 g/mol. The number of urea groups is 1. The molecule has 5 N–H and O–H groups in total. The predicted octanol–water partition coefficient (Wildman–Crippen LogP) is 0.296. The van der Waals surface area contributed by atoms with Gasteiger partial charge in [-0.15, -0.1) is 0 Å². The normalized spacial score (nSPS) is 13.7. The molecule has 0 radical (unpaired) electrons. The van der Waals surface area contributed by atoms with Crippen molar-refractivity contribution in [3.05, 3.63) is 0 Å². The number of carboxylic acids is 1. The SMILES string of the molecule is CC(C)C(C)CNC(=O)N[C@@H](CCC(N)=O)C(=O)O. The van der Waals surface area contributed by atoms with Gasteiger partial charge in [-0.25, -0.2) is 9.59 Å². The number of carbonyl (C=O) groups is 3. The van der Waals surface area contributed by atoms with Crippen LogP contribution in [0.25, 0.3) is 0 Å². The second-order valence-electron chi connectivity index (χ2n) is 4.97. The highest BCUT2D eigenvalue weighted by Crippen LogP contribution is 2.07. The van der Waals surface area contributed by atoms with E-state index in [-0.39, 0.29) is 12.8 Å². The van der Waals surface area contributed by atoms with Crippen LogP contribution in [0.3, 0.4) is 0 Å². The predicted molar refractivity (Wildman–Crippen MR) is 70.4 cm³/mol. The van der Waals surface area contributed by atoms with Crippen LogP contribution in [0, 0.1) is 11.8 Å². The zero-order chi connectivity index (χ0) is 15.0. The summed E-state index contributed by atoms with van der Waals surface area (Å²) in [7, 11) is 0. The van der Waals surface area contributed by atoms with Crippen molar-refractivity contribution in [3.8, 4) is 0 Å². The number of nitrogens with two attached hydrogens (primary N) is 1. The molecule has 0 rings (SSSR count). The first kappa shape index (κ1) is 17.2. The maximum atomic E-state index is 11.5. The van der Waals surface area contributed by atoms with Crippen molar-refractivity contribution in [2.75, 3.05) is 6.54 Å². The fourth-order valence-electron chi connectivity index (χ4n) is 1.24. The number of amides is 3. The first-order chi connectivity index (χ1) is 8.73. The van der Waals surface area contributed by atoms with Crippen LogP contribution < -0.4 is 16.4 Å². The molecule has 19 heavy (non-hydrogen) atoms. The summed E-state index contributed by atoms with van der Waals surface area (Å²) in [6, 6.07) is -1.66. The number of aliphatic carboxylic acids is 1. The summed E-state index contributed by atoms with van der Waals surface area (Å²) in [4.78, 5) is 33.0. The molecule has 0 spiro atoms. The topological polar surface area (TPSA) is 122 Å². The minimum absolute atomic E-state index is 0.0161. The maximum Gasteiger partial charge on any atom is 0.326 e. The van der Waals surface area contributed by atoms with Crippen LogP contribution in [0.2, 0.25) is 0 Å². The number of rotatable bonds is 8. The Kier molecular flexibility index (Phi) is 7.55. The molecule has 0 heterocycles. The molecule has 2 atom stereocenters. The Bertz CT molecular complexity index is 331. The van der Waals surface area contributed by atoms with E-state index < -0.39 is 23.9 Å². The molecule has 0 saturated carbocycles. The lowest BCUT2D eigenvalue weighted by Gasteiger charge is -2.18. The van der Waals surface area contributed by atoms with Crippen LogP contribution in [0.15, 0.2) is 0 Å². The van der Waals surface area contributed by atoms with E-state index in [0.717, 1.165) is 0 Å². The van der Waals surface area contributed by atoms with E-state index in [2.05, 4.69) is 10.6 Å². The Hall–Kier alpha value is -1.79. The third kappa shape index (κ3) is 8.01. The molecule has 0 fully saturated rings. The second kappa shape index (κ2) is 8.34. The van der Waals surface area contributed by atoms with Crippen molar-refractivity contribution in [1.29, 1.82) is 0 Å². The summed E-state index contributed by atoms with van der Waals surface area (Å²) >= 11 is 0. The van der Waals surface area contributed by atoms with Crippen LogP contribution in [0.5, 0.6) is 0 Å². The molecule has 0 aliphatic rings. The van der Waals surface area contributed by atoms with Gasteiger partial charge in [-0.05, 0) is 18.3 Å². The highest BCUT2D eigenvalue weighted by molar-refractivity contribution is 5.83. The molecule has 0 saturated heterocycles. The van der Waals surface area contributed by atoms with Crippen molar-refractivity contribution in [2.24, 2.45) is 17.6 Å². The van der Waals surface area contributed by atoms with Crippen molar-refractivity contribution in [1.82, 2.24) is 10.6 Å². The van der Waals surface area contributed by atoms with Crippen LogP contribution in [-0.2, 0) is 9.59 Å². The van der Waals surface area contributed by atoms with E-state index in [1.54, 1.807) is 0 Å². The van der Waals surface area contributed by atoms with Gasteiger partial charge in [0, 0.05) is 13.0 Å². The average molecular weight is 273 g/mol. The molecule has 3 amide bonds. The smallest absolute Gasteiger partial charge is 0.326 e. The van der Waals surface area contributed by atoms with E-state index >= 15 is 0 Å². The lowest BCUT2D eigenvalue weighted by atomic mass is 9.98. The van der Waals surface area contributed by atoms with E-state index in [9.17, 15) is 14.4 Å². The summed E-state index contributed by atoms with van der Waals surface area (Å²) in [6.45, 7) is 6.53. The van der Waals surface area contributed by atoms with Crippen molar-refractivity contribution in [3.63, 3.8) is 0 Å². The molecular weight excluding hydrogens is 250 g/mol. The van der Waals surface area contributed by atoms with Gasteiger partial charge in [-0.3, -0.25) is 4.79 Å². The molecule has 7 nitrogen and oxygen atoms in total. The van der Waals surface area contributed by atoms with Crippen LogP contribution in [0.1, 0.15) is 33.6 Å². The highest BCUT2D eigenvalue weighted by atomic mass is 16.4. The Labute approximate surface area is 112 Å². The van der Waals surface area contributed by atoms with E-state index in [1.165, 1.54) is 0 Å². The molecule has 0 aliphatic heterocycles. The van der Waals surface area contributed by atoms with Gasteiger partial charge in [0.15, 0.2) is 0 Å². The standard InChI is InChI=1S/C12H23N3O4/c1-7(2)8(3)6-14-12(19)15-9(11(17)18)4-5-10(13)16/h7-9H,4-6H2,1-3H3,(H2,13,16)(H,17,18)(H2,14,15,19)/t8?,9-/m0/s1. The van der Waals surface area contributed by atoms with Crippen LogP contribution in [0.4, 0.5) is 4.79 Å². The van der Waals surface area contributed by atoms with Crippen molar-refractivity contribution >= 4 is 17.9 Å². The quantitative estimate of drug-likeness (QED) is 0.508. The fraction of sp³-hybridized carbons (Fsp3) is 0.750. The van der Waals surface area contributed by atoms with Gasteiger partial charge >= 0.3 is 12.0 Å². The third-order valence-corrected chi connectivity index (χ3v) is 3.01. The number of carboxylic acid groups (broad SMARTS) is 1. The molecule has 0 aliphatic carbocycles. The van der Waals surface area contributed by atoms with Gasteiger partial charge in [0.05, 0.1) is 0 Å². The Balaban J connectivity index is 4.17. The van der Waals surface area contributed by atoms with E-state index in [4.69, 9.17) is 10.8 Å². The number of nitrogens with one attached hydrogen (secondary N) is 2. The molecule has 0 bridgehead atoms. The summed E-state index contributed by atoms with van der Waals surface area (Å²) in [6.07, 6.45) is -0.0997. The van der Waals surface area contributed by atoms with Gasteiger partial charge in [-0.2, -0.15) is 0 Å². The number of carbonyl (C=O) groups excluding carboxylic acids is 2. The Morgan fingerprint density at radius 1 is 1.21 bits per heavy atom. The average Bonchev–Trinajstić information content (AvgIpc) is 2.30. The number of primary amides is 1. The molecular formula is C12H23N3O4. The maximum absolute atomic E-state index is 11.5. The second-order valence-corrected chi connectivity index (χ2v) is 4.97. The zero-order valence-electron chi connectivity index (χ0n) is 11.6. The van der Waals surface area contributed by atoms with E-state index in [0.29, 0.717) is 18.4 Å². The van der Waals surface area contributed by atoms with Gasteiger partial charge in [0.25, 0.3) is 0 Å². The summed E-state index contributed by atoms with van der Waals surface area (Å²) in [5.41, 5.74) is 4.94. The van der Waals surface area contributed by atoms with Gasteiger partial charge in [-0.1, -0.05) is 20.8 Å². The molecule has 1 unspecified atom stereocenters. The minimum atomic E-state index is -1.19. The Morgan fingerprint density at radius 3 is 2.21 bits per heavy atom.